The molecule has 8 nitrogen and oxygen atoms in total. The quantitative estimate of drug-likeness (QED) is 0.252. The summed E-state index contributed by atoms with van der Waals surface area (Å²) in [6.07, 6.45) is 1.45. The van der Waals surface area contributed by atoms with Crippen molar-refractivity contribution in [3.05, 3.63) is 77.4 Å². The second-order valence-electron chi connectivity index (χ2n) is 6.26. The minimum absolute atomic E-state index is 0.0938. The molecule has 8 heteroatoms. The highest BCUT2D eigenvalue weighted by Crippen LogP contribution is 2.19. The highest BCUT2D eigenvalue weighted by Gasteiger charge is 2.17. The molecule has 0 bridgehead atoms. The first-order chi connectivity index (χ1) is 14.5. The van der Waals surface area contributed by atoms with E-state index in [1.807, 2.05) is 18.2 Å². The largest absolute Gasteiger partial charge is 0.507 e. The molecule has 0 aliphatic heterocycles. The maximum Gasteiger partial charge on any atom is 0.355 e. The first kappa shape index (κ1) is 20.4. The van der Waals surface area contributed by atoms with Crippen LogP contribution in [0.5, 0.6) is 0 Å². The number of benzene rings is 2. The number of aromatic nitrogens is 2. The van der Waals surface area contributed by atoms with Gasteiger partial charge in [0.2, 0.25) is 5.91 Å². The summed E-state index contributed by atoms with van der Waals surface area (Å²) in [5, 5.41) is 22.1. The SMILES string of the molecule is CC(=O)N/C(=C/c1ccccc1)C(=O)OC/C(O)=C(\C#N)c1nc2ccccc2[nH]1. The van der Waals surface area contributed by atoms with Gasteiger partial charge in [-0.25, -0.2) is 9.78 Å². The molecule has 0 fully saturated rings. The number of para-hydroxylation sites is 2. The molecule has 0 spiro atoms. The van der Waals surface area contributed by atoms with Gasteiger partial charge in [-0.1, -0.05) is 42.5 Å². The Bertz CT molecular complexity index is 1150. The molecule has 0 atom stereocenters. The molecule has 1 aromatic heterocycles. The smallest absolute Gasteiger partial charge is 0.355 e. The molecule has 3 rings (SSSR count). The fourth-order valence-electron chi connectivity index (χ4n) is 2.66. The molecule has 1 amide bonds. The van der Waals surface area contributed by atoms with Crippen LogP contribution in [0.3, 0.4) is 0 Å². The van der Waals surface area contributed by atoms with Crippen LogP contribution in [0.25, 0.3) is 22.7 Å². The Kier molecular flexibility index (Phi) is 6.25. The normalized spacial score (nSPS) is 12.1. The Morgan fingerprint density at radius 2 is 1.90 bits per heavy atom. The highest BCUT2D eigenvalue weighted by molar-refractivity contribution is 5.97. The zero-order valence-corrected chi connectivity index (χ0v) is 16.0. The maximum absolute atomic E-state index is 12.4. The number of aliphatic hydroxyl groups is 1. The number of aliphatic hydroxyl groups excluding tert-OH is 1. The van der Waals surface area contributed by atoms with E-state index in [2.05, 4.69) is 15.3 Å². The lowest BCUT2D eigenvalue weighted by atomic mass is 10.2. The van der Waals surface area contributed by atoms with Crippen LogP contribution in [-0.4, -0.2) is 33.6 Å². The van der Waals surface area contributed by atoms with Gasteiger partial charge < -0.3 is 20.1 Å². The van der Waals surface area contributed by atoms with Gasteiger partial charge in [0.1, 0.15) is 23.9 Å². The summed E-state index contributed by atoms with van der Waals surface area (Å²) in [4.78, 5) is 31.1. The molecule has 30 heavy (non-hydrogen) atoms. The van der Waals surface area contributed by atoms with Gasteiger partial charge in [0, 0.05) is 6.92 Å². The molecule has 0 aliphatic rings. The number of nitriles is 1. The van der Waals surface area contributed by atoms with Crippen molar-refractivity contribution < 1.29 is 19.4 Å². The molecular weight excluding hydrogens is 384 g/mol. The van der Waals surface area contributed by atoms with Gasteiger partial charge in [-0.15, -0.1) is 0 Å². The lowest BCUT2D eigenvalue weighted by Gasteiger charge is -2.09. The van der Waals surface area contributed by atoms with E-state index in [-0.39, 0.29) is 17.1 Å². The van der Waals surface area contributed by atoms with Crippen LogP contribution >= 0.6 is 0 Å². The van der Waals surface area contributed by atoms with Gasteiger partial charge in [-0.05, 0) is 23.8 Å². The average Bonchev–Trinajstić information content (AvgIpc) is 3.16. The van der Waals surface area contributed by atoms with Crippen LogP contribution in [0.15, 0.2) is 66.1 Å². The van der Waals surface area contributed by atoms with Gasteiger partial charge in [0.25, 0.3) is 0 Å². The van der Waals surface area contributed by atoms with Crippen molar-refractivity contribution in [2.24, 2.45) is 0 Å². The number of fused-ring (bicyclic) bond motifs is 1. The van der Waals surface area contributed by atoms with E-state index < -0.39 is 24.2 Å². The summed E-state index contributed by atoms with van der Waals surface area (Å²) >= 11 is 0. The van der Waals surface area contributed by atoms with E-state index >= 15 is 0 Å². The van der Waals surface area contributed by atoms with E-state index in [0.29, 0.717) is 16.6 Å². The standard InChI is InChI=1S/C22H18N4O4/c1-14(27)24-19(11-15-7-3-2-4-8-15)22(29)30-13-20(28)16(12-23)21-25-17-9-5-6-10-18(17)26-21/h2-11,28H,13H2,1H3,(H,24,27)(H,25,26)/b19-11+,20-16-. The highest BCUT2D eigenvalue weighted by atomic mass is 16.5. The van der Waals surface area contributed by atoms with Crippen molar-refractivity contribution in [2.45, 2.75) is 6.92 Å². The number of rotatable bonds is 6. The van der Waals surface area contributed by atoms with E-state index in [4.69, 9.17) is 4.74 Å². The van der Waals surface area contributed by atoms with Crippen LogP contribution in [0.1, 0.15) is 18.3 Å². The molecule has 0 saturated heterocycles. The summed E-state index contributed by atoms with van der Waals surface area (Å²) in [7, 11) is 0. The van der Waals surface area contributed by atoms with Crippen molar-refractivity contribution in [3.63, 3.8) is 0 Å². The van der Waals surface area contributed by atoms with E-state index in [1.54, 1.807) is 42.5 Å². The molecule has 150 valence electrons. The Morgan fingerprint density at radius 1 is 1.20 bits per heavy atom. The number of aromatic amines is 1. The molecule has 0 saturated carbocycles. The van der Waals surface area contributed by atoms with Gasteiger partial charge in [-0.2, -0.15) is 5.26 Å². The van der Waals surface area contributed by atoms with Gasteiger partial charge >= 0.3 is 5.97 Å². The Labute approximate surface area is 172 Å². The number of hydrogen-bond acceptors (Lipinski definition) is 6. The van der Waals surface area contributed by atoms with E-state index in [0.717, 1.165) is 0 Å². The number of amides is 1. The topological polar surface area (TPSA) is 128 Å². The second kappa shape index (κ2) is 9.21. The van der Waals surface area contributed by atoms with Crippen LogP contribution in [0, 0.1) is 11.3 Å². The summed E-state index contributed by atoms with van der Waals surface area (Å²) in [6, 6.07) is 17.9. The second-order valence-corrected chi connectivity index (χ2v) is 6.26. The Hall–Kier alpha value is -4.38. The Morgan fingerprint density at radius 3 is 2.57 bits per heavy atom. The number of ether oxygens (including phenoxy) is 1. The fraction of sp³-hybridized carbons (Fsp3) is 0.0909. The van der Waals surface area contributed by atoms with E-state index in [1.165, 1.54) is 13.0 Å². The van der Waals surface area contributed by atoms with Gasteiger partial charge in [0.15, 0.2) is 11.6 Å². The number of hydrogen-bond donors (Lipinski definition) is 3. The van der Waals surface area contributed by atoms with Crippen LogP contribution < -0.4 is 5.32 Å². The maximum atomic E-state index is 12.4. The molecular formula is C22H18N4O4. The Balaban J connectivity index is 1.80. The third kappa shape index (κ3) is 4.91. The molecule has 0 radical (unpaired) electrons. The zero-order chi connectivity index (χ0) is 21.5. The average molecular weight is 402 g/mol. The monoisotopic (exact) mass is 402 g/mol. The van der Waals surface area contributed by atoms with Crippen molar-refractivity contribution in [1.29, 1.82) is 5.26 Å². The minimum Gasteiger partial charge on any atom is -0.507 e. The number of carbonyl (C=O) groups is 2. The van der Waals surface area contributed by atoms with Gasteiger partial charge in [0.05, 0.1) is 11.0 Å². The third-order valence-electron chi connectivity index (χ3n) is 4.01. The molecule has 3 aromatic rings. The number of nitrogens with one attached hydrogen (secondary N) is 2. The van der Waals surface area contributed by atoms with Crippen LogP contribution in [0.2, 0.25) is 0 Å². The van der Waals surface area contributed by atoms with E-state index in [9.17, 15) is 20.0 Å². The number of nitrogens with zero attached hydrogens (tertiary/aromatic N) is 2. The molecule has 1 heterocycles. The lowest BCUT2D eigenvalue weighted by Crippen LogP contribution is -2.26. The molecule has 2 aromatic carbocycles. The predicted molar refractivity (Wildman–Crippen MR) is 110 cm³/mol. The number of esters is 1. The first-order valence-corrected chi connectivity index (χ1v) is 8.96. The number of allylic oxidation sites excluding steroid dienone is 1. The van der Waals surface area contributed by atoms with Crippen LogP contribution in [-0.2, 0) is 14.3 Å². The van der Waals surface area contributed by atoms with Crippen molar-refractivity contribution >= 4 is 34.6 Å². The fourth-order valence-corrected chi connectivity index (χ4v) is 2.66. The molecule has 3 N–H and O–H groups in total. The van der Waals surface area contributed by atoms with Crippen molar-refractivity contribution in [2.75, 3.05) is 6.61 Å². The lowest BCUT2D eigenvalue weighted by molar-refractivity contribution is -0.140. The summed E-state index contributed by atoms with van der Waals surface area (Å²) in [5.41, 5.74) is 1.77. The van der Waals surface area contributed by atoms with Crippen LogP contribution in [0.4, 0.5) is 0 Å². The number of H-pyrrole nitrogens is 1. The predicted octanol–water partition coefficient (Wildman–Crippen LogP) is 3.08. The third-order valence-corrected chi connectivity index (χ3v) is 4.01. The minimum atomic E-state index is -0.859. The summed E-state index contributed by atoms with van der Waals surface area (Å²) in [6.45, 7) is 0.698. The summed E-state index contributed by atoms with van der Waals surface area (Å²) < 4.78 is 5.09. The zero-order valence-electron chi connectivity index (χ0n) is 16.0. The molecule has 0 aliphatic carbocycles. The number of imidazole rings is 1. The first-order valence-electron chi connectivity index (χ1n) is 8.96. The van der Waals surface area contributed by atoms with Gasteiger partial charge in [-0.3, -0.25) is 4.79 Å². The summed E-state index contributed by atoms with van der Waals surface area (Å²) in [5.74, 6) is -1.61. The van der Waals surface area contributed by atoms with Crippen molar-refractivity contribution in [1.82, 2.24) is 15.3 Å². The molecule has 0 unspecified atom stereocenters. The van der Waals surface area contributed by atoms with Crippen molar-refractivity contribution in [3.8, 4) is 6.07 Å². The number of carbonyl (C=O) groups excluding carboxylic acids is 2.